The van der Waals surface area contributed by atoms with Gasteiger partial charge in [0, 0.05) is 30.2 Å². The Labute approximate surface area is 107 Å². The van der Waals surface area contributed by atoms with E-state index in [1.807, 2.05) is 0 Å². The third-order valence-corrected chi connectivity index (χ3v) is 2.23. The average Bonchev–Trinajstić information content (AvgIpc) is 2.77. The van der Waals surface area contributed by atoms with Gasteiger partial charge in [-0.3, -0.25) is 0 Å². The lowest BCUT2D eigenvalue weighted by Gasteiger charge is -2.01. The number of pyridine rings is 1. The molecule has 2 aromatic rings. The number of ether oxygens (including phenoxy) is 2. The van der Waals surface area contributed by atoms with Crippen molar-refractivity contribution >= 4 is 11.6 Å². The van der Waals surface area contributed by atoms with Crippen molar-refractivity contribution in [1.82, 2.24) is 9.97 Å². The van der Waals surface area contributed by atoms with Crippen LogP contribution in [0, 0.1) is 0 Å². The SMILES string of the molecule is FC(F)OCc1cc(Oc2ccc(Cl)cn2)c[nH]1. The van der Waals surface area contributed by atoms with Gasteiger partial charge in [0.1, 0.15) is 5.75 Å². The Morgan fingerprint density at radius 3 is 2.89 bits per heavy atom. The fourth-order valence-electron chi connectivity index (χ4n) is 1.26. The molecule has 0 bridgehead atoms. The lowest BCUT2D eigenvalue weighted by atomic mass is 10.4. The van der Waals surface area contributed by atoms with Gasteiger partial charge in [-0.1, -0.05) is 11.6 Å². The van der Waals surface area contributed by atoms with Crippen LogP contribution in [0.2, 0.25) is 5.02 Å². The highest BCUT2D eigenvalue weighted by atomic mass is 35.5. The highest BCUT2D eigenvalue weighted by molar-refractivity contribution is 6.30. The smallest absolute Gasteiger partial charge is 0.345 e. The summed E-state index contributed by atoms with van der Waals surface area (Å²) >= 11 is 5.68. The van der Waals surface area contributed by atoms with Crippen molar-refractivity contribution in [1.29, 1.82) is 0 Å². The molecule has 0 radical (unpaired) electrons. The van der Waals surface area contributed by atoms with E-state index in [1.54, 1.807) is 18.2 Å². The third kappa shape index (κ3) is 3.68. The van der Waals surface area contributed by atoms with Gasteiger partial charge in [-0.05, 0) is 6.07 Å². The number of halogens is 3. The Hall–Kier alpha value is -1.66. The predicted molar refractivity (Wildman–Crippen MR) is 60.9 cm³/mol. The largest absolute Gasteiger partial charge is 0.437 e. The van der Waals surface area contributed by atoms with Crippen LogP contribution in [0.4, 0.5) is 8.78 Å². The molecule has 0 aliphatic heterocycles. The first-order valence-corrected chi connectivity index (χ1v) is 5.38. The summed E-state index contributed by atoms with van der Waals surface area (Å²) in [5.41, 5.74) is 0.485. The monoisotopic (exact) mass is 274 g/mol. The fourth-order valence-corrected chi connectivity index (χ4v) is 1.37. The normalized spacial score (nSPS) is 10.9. The van der Waals surface area contributed by atoms with E-state index in [2.05, 4.69) is 14.7 Å². The van der Waals surface area contributed by atoms with E-state index in [0.717, 1.165) is 0 Å². The van der Waals surface area contributed by atoms with Gasteiger partial charge in [0.2, 0.25) is 5.88 Å². The Balaban J connectivity index is 1.95. The molecule has 0 saturated carbocycles. The van der Waals surface area contributed by atoms with Gasteiger partial charge in [0.25, 0.3) is 0 Å². The molecule has 18 heavy (non-hydrogen) atoms. The molecule has 0 aliphatic carbocycles. The van der Waals surface area contributed by atoms with Gasteiger partial charge in [-0.15, -0.1) is 0 Å². The number of hydrogen-bond acceptors (Lipinski definition) is 3. The summed E-state index contributed by atoms with van der Waals surface area (Å²) in [6.45, 7) is -3.01. The number of rotatable bonds is 5. The molecule has 1 N–H and O–H groups in total. The summed E-state index contributed by atoms with van der Waals surface area (Å²) < 4.78 is 33.2. The summed E-state index contributed by atoms with van der Waals surface area (Å²) in [7, 11) is 0. The van der Waals surface area contributed by atoms with E-state index >= 15 is 0 Å². The Kier molecular flexibility index (Phi) is 4.11. The fraction of sp³-hybridized carbons (Fsp3) is 0.182. The third-order valence-electron chi connectivity index (χ3n) is 2.00. The standard InChI is InChI=1S/C11H9ClF2N2O2/c12-7-1-2-10(16-4-7)18-9-3-8(15-5-9)6-17-11(13)14/h1-5,11,15H,6H2. The molecule has 96 valence electrons. The summed E-state index contributed by atoms with van der Waals surface area (Å²) in [6.07, 6.45) is 2.98. The van der Waals surface area contributed by atoms with Gasteiger partial charge in [-0.2, -0.15) is 8.78 Å². The Bertz CT molecular complexity index is 502. The minimum Gasteiger partial charge on any atom is -0.437 e. The van der Waals surface area contributed by atoms with Crippen molar-refractivity contribution in [3.05, 3.63) is 41.3 Å². The maximum atomic E-state index is 11.8. The van der Waals surface area contributed by atoms with Crippen molar-refractivity contribution in [2.24, 2.45) is 0 Å². The molecule has 0 unspecified atom stereocenters. The van der Waals surface area contributed by atoms with E-state index in [9.17, 15) is 8.78 Å². The van der Waals surface area contributed by atoms with Gasteiger partial charge in [-0.25, -0.2) is 4.98 Å². The zero-order valence-electron chi connectivity index (χ0n) is 9.07. The summed E-state index contributed by atoms with van der Waals surface area (Å²) in [5.74, 6) is 0.817. The molecule has 2 rings (SSSR count). The lowest BCUT2D eigenvalue weighted by molar-refractivity contribution is -0.137. The summed E-state index contributed by atoms with van der Waals surface area (Å²) in [6, 6.07) is 4.79. The van der Waals surface area contributed by atoms with Crippen LogP contribution in [0.3, 0.4) is 0 Å². The number of nitrogens with zero attached hydrogens (tertiary/aromatic N) is 1. The van der Waals surface area contributed by atoms with Crippen molar-refractivity contribution in [2.45, 2.75) is 13.2 Å². The topological polar surface area (TPSA) is 47.1 Å². The number of aromatic amines is 1. The zero-order valence-corrected chi connectivity index (χ0v) is 9.82. The number of hydrogen-bond donors (Lipinski definition) is 1. The molecule has 0 aliphatic rings. The number of nitrogens with one attached hydrogen (secondary N) is 1. The van der Waals surface area contributed by atoms with Crippen LogP contribution < -0.4 is 4.74 Å². The van der Waals surface area contributed by atoms with Crippen LogP contribution in [0.1, 0.15) is 5.69 Å². The minimum absolute atomic E-state index is 0.213. The molecule has 7 heteroatoms. The molecule has 0 amide bonds. The number of H-pyrrole nitrogens is 1. The van der Waals surface area contributed by atoms with E-state index < -0.39 is 6.61 Å². The van der Waals surface area contributed by atoms with Crippen molar-refractivity contribution in [3.63, 3.8) is 0 Å². The minimum atomic E-state index is -2.80. The first-order valence-electron chi connectivity index (χ1n) is 5.00. The second-order valence-electron chi connectivity index (χ2n) is 3.35. The van der Waals surface area contributed by atoms with Gasteiger partial charge in [0.05, 0.1) is 11.6 Å². The molecule has 0 aromatic carbocycles. The van der Waals surface area contributed by atoms with Crippen LogP contribution in [-0.2, 0) is 11.3 Å². The van der Waals surface area contributed by atoms with Gasteiger partial charge in [0.15, 0.2) is 0 Å². The molecule has 0 fully saturated rings. The van der Waals surface area contributed by atoms with Gasteiger partial charge < -0.3 is 14.5 Å². The number of aromatic nitrogens is 2. The zero-order chi connectivity index (χ0) is 13.0. The van der Waals surface area contributed by atoms with Crippen LogP contribution in [-0.4, -0.2) is 16.6 Å². The van der Waals surface area contributed by atoms with Crippen LogP contribution >= 0.6 is 11.6 Å². The first-order chi connectivity index (χ1) is 8.63. The second-order valence-corrected chi connectivity index (χ2v) is 3.79. The lowest BCUT2D eigenvalue weighted by Crippen LogP contribution is -1.98. The second kappa shape index (κ2) is 5.79. The molecular weight excluding hydrogens is 266 g/mol. The summed E-state index contributed by atoms with van der Waals surface area (Å²) in [4.78, 5) is 6.69. The average molecular weight is 275 g/mol. The Morgan fingerprint density at radius 1 is 1.39 bits per heavy atom. The van der Waals surface area contributed by atoms with Crippen molar-refractivity contribution < 1.29 is 18.3 Å². The highest BCUT2D eigenvalue weighted by Gasteiger charge is 2.06. The molecule has 0 atom stereocenters. The maximum absolute atomic E-state index is 11.8. The maximum Gasteiger partial charge on any atom is 0.345 e. The van der Waals surface area contributed by atoms with Crippen LogP contribution in [0.5, 0.6) is 11.6 Å². The van der Waals surface area contributed by atoms with Crippen LogP contribution in [0.15, 0.2) is 30.6 Å². The van der Waals surface area contributed by atoms with E-state index in [4.69, 9.17) is 16.3 Å². The molecule has 0 saturated heterocycles. The summed E-state index contributed by atoms with van der Waals surface area (Å²) in [5, 5.41) is 0.502. The molecule has 2 aromatic heterocycles. The van der Waals surface area contributed by atoms with Gasteiger partial charge >= 0.3 is 6.61 Å². The van der Waals surface area contributed by atoms with E-state index in [-0.39, 0.29) is 6.61 Å². The Morgan fingerprint density at radius 2 is 2.22 bits per heavy atom. The molecule has 0 spiro atoms. The number of alkyl halides is 2. The molecule has 2 heterocycles. The quantitative estimate of drug-likeness (QED) is 0.906. The van der Waals surface area contributed by atoms with Crippen LogP contribution in [0.25, 0.3) is 0 Å². The highest BCUT2D eigenvalue weighted by Crippen LogP contribution is 2.21. The van der Waals surface area contributed by atoms with Crippen molar-refractivity contribution in [3.8, 4) is 11.6 Å². The van der Waals surface area contributed by atoms with E-state index in [1.165, 1.54) is 12.4 Å². The van der Waals surface area contributed by atoms with Crippen molar-refractivity contribution in [2.75, 3.05) is 0 Å². The predicted octanol–water partition coefficient (Wildman–Crippen LogP) is 3.59. The van der Waals surface area contributed by atoms with E-state index in [0.29, 0.717) is 22.3 Å². The first kappa shape index (κ1) is 12.8. The molecular formula is C11H9ClF2N2O2. The molecule has 4 nitrogen and oxygen atoms in total.